The molecule has 0 radical (unpaired) electrons. The van der Waals surface area contributed by atoms with E-state index in [1.165, 1.54) is 30.7 Å². The largest absolute Gasteiger partial charge is 0.452 e. The van der Waals surface area contributed by atoms with E-state index in [4.69, 9.17) is 11.3 Å². The standard InChI is InChI=1S/C18H15F5N6O/c19-9-17(5-15(18(21,22)23)30-16(24)28-17)13-4-11(1-2-14(13)20)12-3-10(6-26-8-12)7-27-29-25/h1-4,6-8,15,25H,5,9H2,(H2,24,28)/t15-,17+/m0/s1. The number of halogens is 5. The van der Waals surface area contributed by atoms with E-state index in [0.29, 0.717) is 16.7 Å². The molecule has 158 valence electrons. The molecule has 0 saturated carbocycles. The summed E-state index contributed by atoms with van der Waals surface area (Å²) in [4.78, 5) is 7.70. The smallest absolute Gasteiger partial charge is 0.425 e. The Balaban J connectivity index is 2.09. The Labute approximate surface area is 167 Å². The fraction of sp³-hybridized carbons (Fsp3) is 0.278. The zero-order valence-corrected chi connectivity index (χ0v) is 15.2. The van der Waals surface area contributed by atoms with Gasteiger partial charge < -0.3 is 10.5 Å². The molecule has 1 aromatic heterocycles. The van der Waals surface area contributed by atoms with Gasteiger partial charge in [-0.25, -0.2) is 13.8 Å². The average molecular weight is 426 g/mol. The molecule has 2 atom stereocenters. The second kappa shape index (κ2) is 8.13. The fourth-order valence-corrected chi connectivity index (χ4v) is 3.13. The van der Waals surface area contributed by atoms with Crippen molar-refractivity contribution >= 4 is 12.2 Å². The molecule has 3 rings (SSSR count). The van der Waals surface area contributed by atoms with Gasteiger partial charge in [0.1, 0.15) is 18.0 Å². The number of aliphatic imine (C=N–C) groups is 1. The molecule has 1 aromatic carbocycles. The summed E-state index contributed by atoms with van der Waals surface area (Å²) in [6, 6.07) is 4.29. The Morgan fingerprint density at radius 3 is 2.70 bits per heavy atom. The first-order chi connectivity index (χ1) is 14.2. The van der Waals surface area contributed by atoms with E-state index < -0.39 is 42.8 Å². The minimum absolute atomic E-state index is 0.355. The molecular formula is C18H15F5N6O. The van der Waals surface area contributed by atoms with Gasteiger partial charge >= 0.3 is 6.18 Å². The van der Waals surface area contributed by atoms with E-state index in [-0.39, 0.29) is 5.56 Å². The Morgan fingerprint density at radius 2 is 2.03 bits per heavy atom. The number of nitrogens with one attached hydrogen (secondary N) is 1. The first-order valence-electron chi connectivity index (χ1n) is 8.48. The molecule has 2 heterocycles. The van der Waals surface area contributed by atoms with Gasteiger partial charge in [-0.15, -0.1) is 5.10 Å². The minimum atomic E-state index is -4.84. The van der Waals surface area contributed by atoms with Gasteiger partial charge in [-0.05, 0) is 23.8 Å². The van der Waals surface area contributed by atoms with Crippen molar-refractivity contribution in [3.63, 3.8) is 0 Å². The van der Waals surface area contributed by atoms with Crippen molar-refractivity contribution in [2.24, 2.45) is 21.1 Å². The maximum Gasteiger partial charge on any atom is 0.425 e. The van der Waals surface area contributed by atoms with Crippen molar-refractivity contribution in [1.82, 2.24) is 4.98 Å². The van der Waals surface area contributed by atoms with Crippen molar-refractivity contribution in [3.05, 3.63) is 53.6 Å². The van der Waals surface area contributed by atoms with Gasteiger partial charge in [0, 0.05) is 35.5 Å². The van der Waals surface area contributed by atoms with E-state index in [2.05, 4.69) is 25.0 Å². The highest BCUT2D eigenvalue weighted by atomic mass is 19.4. The first kappa shape index (κ1) is 21.3. The lowest BCUT2D eigenvalue weighted by molar-refractivity contribution is -0.209. The predicted octanol–water partition coefficient (Wildman–Crippen LogP) is 4.08. The van der Waals surface area contributed by atoms with Crippen LogP contribution in [0.2, 0.25) is 0 Å². The third kappa shape index (κ3) is 4.26. The number of rotatable bonds is 5. The number of amidine groups is 1. The van der Waals surface area contributed by atoms with Crippen LogP contribution in [-0.4, -0.2) is 36.2 Å². The number of nitrogens with zero attached hydrogens (tertiary/aromatic N) is 4. The van der Waals surface area contributed by atoms with Crippen LogP contribution in [0.15, 0.2) is 52.0 Å². The third-order valence-corrected chi connectivity index (χ3v) is 4.52. The normalized spacial score (nSPS) is 21.9. The molecule has 12 heteroatoms. The summed E-state index contributed by atoms with van der Waals surface area (Å²) in [5.74, 6) is -0.936. The Kier molecular flexibility index (Phi) is 5.76. The van der Waals surface area contributed by atoms with Crippen LogP contribution in [0.5, 0.6) is 0 Å². The van der Waals surface area contributed by atoms with Gasteiger partial charge in [0.2, 0.25) is 0 Å². The second-order valence-electron chi connectivity index (χ2n) is 6.51. The Bertz CT molecular complexity index is 1010. The van der Waals surface area contributed by atoms with Crippen molar-refractivity contribution in [1.29, 1.82) is 5.53 Å². The van der Waals surface area contributed by atoms with E-state index in [9.17, 15) is 22.0 Å². The summed E-state index contributed by atoms with van der Waals surface area (Å²) in [5.41, 5.74) is 10.7. The van der Waals surface area contributed by atoms with Crippen LogP contribution in [0.4, 0.5) is 22.0 Å². The molecular weight excluding hydrogens is 411 g/mol. The lowest BCUT2D eigenvalue weighted by Gasteiger charge is -2.36. The second-order valence-corrected chi connectivity index (χ2v) is 6.51. The van der Waals surface area contributed by atoms with Crippen LogP contribution in [-0.2, 0) is 10.3 Å². The zero-order valence-electron chi connectivity index (χ0n) is 15.2. The van der Waals surface area contributed by atoms with E-state index in [0.717, 1.165) is 6.07 Å². The molecule has 0 aliphatic carbocycles. The highest BCUT2D eigenvalue weighted by molar-refractivity contribution is 5.81. The number of nitrogens with two attached hydrogens (primary N) is 1. The van der Waals surface area contributed by atoms with Crippen molar-refractivity contribution in [2.75, 3.05) is 6.67 Å². The van der Waals surface area contributed by atoms with Gasteiger partial charge in [0.25, 0.3) is 6.02 Å². The first-order valence-corrected chi connectivity index (χ1v) is 8.48. The van der Waals surface area contributed by atoms with Crippen LogP contribution in [0.25, 0.3) is 11.1 Å². The van der Waals surface area contributed by atoms with E-state index in [1.807, 2.05) is 0 Å². The molecule has 0 unspecified atom stereocenters. The summed E-state index contributed by atoms with van der Waals surface area (Å²) in [6.07, 6.45) is -4.12. The zero-order chi connectivity index (χ0) is 21.9. The lowest BCUT2D eigenvalue weighted by Crippen LogP contribution is -2.48. The number of aromatic nitrogens is 1. The summed E-state index contributed by atoms with van der Waals surface area (Å²) in [6.45, 7) is -1.42. The summed E-state index contributed by atoms with van der Waals surface area (Å²) < 4.78 is 72.8. The average Bonchev–Trinajstić information content (AvgIpc) is 2.71. The maximum atomic E-state index is 14.6. The monoisotopic (exact) mass is 426 g/mol. The third-order valence-electron chi connectivity index (χ3n) is 4.52. The maximum absolute atomic E-state index is 14.6. The van der Waals surface area contributed by atoms with Crippen LogP contribution in [0, 0.1) is 11.3 Å². The molecule has 0 bridgehead atoms. The molecule has 0 fully saturated rings. The van der Waals surface area contributed by atoms with Crippen molar-refractivity contribution < 1.29 is 26.7 Å². The number of hydrogen-bond acceptors (Lipinski definition) is 6. The number of pyridine rings is 1. The van der Waals surface area contributed by atoms with Gasteiger partial charge in [-0.1, -0.05) is 11.3 Å². The summed E-state index contributed by atoms with van der Waals surface area (Å²) in [7, 11) is 0. The number of benzene rings is 1. The fourth-order valence-electron chi connectivity index (χ4n) is 3.13. The van der Waals surface area contributed by atoms with Crippen molar-refractivity contribution in [3.8, 4) is 11.1 Å². The molecule has 7 nitrogen and oxygen atoms in total. The number of hydrogen-bond donors (Lipinski definition) is 2. The van der Waals surface area contributed by atoms with Crippen LogP contribution in [0.3, 0.4) is 0 Å². The highest BCUT2D eigenvalue weighted by Gasteiger charge is 2.52. The van der Waals surface area contributed by atoms with Crippen LogP contribution < -0.4 is 5.73 Å². The molecule has 0 saturated heterocycles. The highest BCUT2D eigenvalue weighted by Crippen LogP contribution is 2.42. The van der Waals surface area contributed by atoms with E-state index >= 15 is 0 Å². The molecule has 1 aliphatic rings. The van der Waals surface area contributed by atoms with Gasteiger partial charge in [-0.2, -0.15) is 18.7 Å². The lowest BCUT2D eigenvalue weighted by atomic mass is 9.83. The topological polar surface area (TPSA) is 109 Å². The molecule has 30 heavy (non-hydrogen) atoms. The number of alkyl halides is 4. The summed E-state index contributed by atoms with van der Waals surface area (Å²) >= 11 is 0. The molecule has 0 amide bonds. The molecule has 0 spiro atoms. The van der Waals surface area contributed by atoms with Crippen LogP contribution in [0.1, 0.15) is 17.5 Å². The van der Waals surface area contributed by atoms with Gasteiger partial charge in [-0.3, -0.25) is 4.98 Å². The minimum Gasteiger partial charge on any atom is -0.452 e. The Morgan fingerprint density at radius 1 is 1.27 bits per heavy atom. The Hall–Kier alpha value is -3.44. The SMILES string of the molecule is N=NN=Cc1cncc(-c2ccc(F)c([C@]3(CF)C[C@@H](C(F)(F)F)OC(N)=N3)c2)c1. The van der Waals surface area contributed by atoms with E-state index in [1.54, 1.807) is 6.07 Å². The quantitative estimate of drug-likeness (QED) is 0.325. The molecule has 1 aliphatic heterocycles. The summed E-state index contributed by atoms with van der Waals surface area (Å²) in [5, 5.41) is 6.26. The predicted molar refractivity (Wildman–Crippen MR) is 97.2 cm³/mol. The molecule has 3 N–H and O–H groups in total. The molecule has 2 aromatic rings. The number of ether oxygens (including phenoxy) is 1. The van der Waals surface area contributed by atoms with Crippen LogP contribution >= 0.6 is 0 Å². The van der Waals surface area contributed by atoms with Gasteiger partial charge in [0.15, 0.2) is 6.10 Å². The van der Waals surface area contributed by atoms with Gasteiger partial charge in [0.05, 0.1) is 6.21 Å². The van der Waals surface area contributed by atoms with Crippen molar-refractivity contribution in [2.45, 2.75) is 24.2 Å².